The molecule has 0 radical (unpaired) electrons. The topological polar surface area (TPSA) is 17.1 Å². The molecule has 1 fully saturated rings. The number of allylic oxidation sites excluding steroid dienone is 2. The summed E-state index contributed by atoms with van der Waals surface area (Å²) in [7, 11) is 0. The van der Waals surface area contributed by atoms with Gasteiger partial charge in [-0.1, -0.05) is 36.4 Å². The fourth-order valence-corrected chi connectivity index (χ4v) is 3.29. The average molecular weight is 258 g/mol. The molecule has 2 atom stereocenters. The zero-order chi connectivity index (χ0) is 13.2. The smallest absolute Gasteiger partial charge is 0.136 e. The molecule has 0 amide bonds. The molecule has 0 heterocycles. The Bertz CT molecular complexity index is 481. The first kappa shape index (κ1) is 12.6. The second-order valence-electron chi connectivity index (χ2n) is 5.83. The van der Waals surface area contributed by atoms with Gasteiger partial charge in [0.25, 0.3) is 0 Å². The van der Waals surface area contributed by atoms with Crippen LogP contribution in [0.15, 0.2) is 36.4 Å². The first-order chi connectivity index (χ1) is 9.22. The summed E-state index contributed by atoms with van der Waals surface area (Å²) in [5.74, 6) is 0.538. The molecule has 1 saturated carbocycles. The third-order valence-corrected chi connectivity index (χ3v) is 4.34. The largest absolute Gasteiger partial charge is 0.300 e. The molecule has 2 heteroatoms. The molecule has 0 bridgehead atoms. The van der Waals surface area contributed by atoms with Gasteiger partial charge in [-0.15, -0.1) is 0 Å². The van der Waals surface area contributed by atoms with Crippen LogP contribution in [-0.4, -0.2) is 12.0 Å². The van der Waals surface area contributed by atoms with Crippen LogP contribution in [0.4, 0.5) is 4.39 Å². The number of hydrogen-bond acceptors (Lipinski definition) is 1. The molecule has 2 aliphatic rings. The Balaban J connectivity index is 1.53. The highest BCUT2D eigenvalue weighted by atomic mass is 19.1. The summed E-state index contributed by atoms with van der Waals surface area (Å²) >= 11 is 0. The quantitative estimate of drug-likeness (QED) is 0.756. The van der Waals surface area contributed by atoms with Gasteiger partial charge in [-0.05, 0) is 36.3 Å². The van der Waals surface area contributed by atoms with E-state index in [1.165, 1.54) is 11.1 Å². The van der Waals surface area contributed by atoms with E-state index in [1.807, 2.05) is 6.08 Å². The summed E-state index contributed by atoms with van der Waals surface area (Å²) in [6.45, 7) is 0. The number of carbonyl (C=O) groups excluding carboxylic acids is 1. The van der Waals surface area contributed by atoms with Crippen LogP contribution >= 0.6 is 0 Å². The van der Waals surface area contributed by atoms with Crippen LogP contribution in [0.3, 0.4) is 0 Å². The Labute approximate surface area is 113 Å². The van der Waals surface area contributed by atoms with E-state index in [0.717, 1.165) is 19.3 Å². The Hall–Kier alpha value is -1.44. The van der Waals surface area contributed by atoms with Crippen LogP contribution in [-0.2, 0) is 17.6 Å². The first-order valence-corrected chi connectivity index (χ1v) is 7.11. The highest BCUT2D eigenvalue weighted by Gasteiger charge is 2.31. The van der Waals surface area contributed by atoms with Crippen molar-refractivity contribution in [3.8, 4) is 0 Å². The minimum absolute atomic E-state index is 0.0652. The van der Waals surface area contributed by atoms with Crippen molar-refractivity contribution in [2.75, 3.05) is 0 Å². The molecule has 0 aliphatic heterocycles. The highest BCUT2D eigenvalue weighted by molar-refractivity contribution is 5.81. The van der Waals surface area contributed by atoms with Gasteiger partial charge in [-0.3, -0.25) is 4.79 Å². The maximum atomic E-state index is 13.5. The maximum absolute atomic E-state index is 13.5. The monoisotopic (exact) mass is 258 g/mol. The number of alkyl halides is 1. The zero-order valence-electron chi connectivity index (χ0n) is 11.0. The predicted octanol–water partition coefficient (Wildman–Crippen LogP) is 3.66. The van der Waals surface area contributed by atoms with Crippen molar-refractivity contribution in [2.24, 2.45) is 11.8 Å². The number of ketones is 1. The van der Waals surface area contributed by atoms with Gasteiger partial charge in [0.1, 0.15) is 12.0 Å². The summed E-state index contributed by atoms with van der Waals surface area (Å²) in [6, 6.07) is 8.59. The molecule has 2 aliphatic carbocycles. The van der Waals surface area contributed by atoms with Crippen molar-refractivity contribution in [3.05, 3.63) is 47.5 Å². The van der Waals surface area contributed by atoms with Crippen molar-refractivity contribution in [3.63, 3.8) is 0 Å². The fraction of sp³-hybridized carbons (Fsp3) is 0.471. The third kappa shape index (κ3) is 2.78. The van der Waals surface area contributed by atoms with Crippen molar-refractivity contribution in [1.82, 2.24) is 0 Å². The molecule has 19 heavy (non-hydrogen) atoms. The normalized spacial score (nSPS) is 27.3. The van der Waals surface area contributed by atoms with Gasteiger partial charge in [0.05, 0.1) is 0 Å². The highest BCUT2D eigenvalue weighted by Crippen LogP contribution is 2.30. The minimum atomic E-state index is -0.954. The van der Waals surface area contributed by atoms with E-state index < -0.39 is 6.17 Å². The number of fused-ring (bicyclic) bond motifs is 1. The number of Topliss-reactive ketones (excluding diaryl/α,β-unsaturated/α-hetero) is 1. The summed E-state index contributed by atoms with van der Waals surface area (Å²) in [5.41, 5.74) is 2.92. The summed E-state index contributed by atoms with van der Waals surface area (Å²) in [4.78, 5) is 11.2. The number of hydrogen-bond donors (Lipinski definition) is 0. The van der Waals surface area contributed by atoms with E-state index in [4.69, 9.17) is 0 Å². The SMILES string of the molecule is O=C1CC(F)C(/C=C/CC2Cc3ccccc3C2)C1. The molecule has 0 saturated heterocycles. The molecule has 0 N–H and O–H groups in total. The van der Waals surface area contributed by atoms with Gasteiger partial charge < -0.3 is 0 Å². The minimum Gasteiger partial charge on any atom is -0.300 e. The number of rotatable bonds is 3. The van der Waals surface area contributed by atoms with E-state index in [2.05, 4.69) is 30.3 Å². The van der Waals surface area contributed by atoms with Crippen molar-refractivity contribution in [2.45, 2.75) is 38.3 Å². The summed E-state index contributed by atoms with van der Waals surface area (Å²) < 4.78 is 13.5. The molecule has 1 aromatic carbocycles. The molecule has 100 valence electrons. The van der Waals surface area contributed by atoms with E-state index in [9.17, 15) is 9.18 Å². The van der Waals surface area contributed by atoms with Crippen LogP contribution in [0.25, 0.3) is 0 Å². The maximum Gasteiger partial charge on any atom is 0.136 e. The van der Waals surface area contributed by atoms with E-state index in [-0.39, 0.29) is 18.1 Å². The first-order valence-electron chi connectivity index (χ1n) is 7.11. The van der Waals surface area contributed by atoms with Gasteiger partial charge in [0.2, 0.25) is 0 Å². The Kier molecular flexibility index (Phi) is 3.50. The van der Waals surface area contributed by atoms with Gasteiger partial charge in [-0.2, -0.15) is 0 Å². The lowest BCUT2D eigenvalue weighted by Crippen LogP contribution is -2.04. The fourth-order valence-electron chi connectivity index (χ4n) is 3.29. The van der Waals surface area contributed by atoms with Crippen LogP contribution in [0, 0.1) is 11.8 Å². The molecule has 2 unspecified atom stereocenters. The van der Waals surface area contributed by atoms with Crippen LogP contribution < -0.4 is 0 Å². The second kappa shape index (κ2) is 5.28. The van der Waals surface area contributed by atoms with Gasteiger partial charge >= 0.3 is 0 Å². The summed E-state index contributed by atoms with van der Waals surface area (Å²) in [6.07, 6.45) is 6.82. The molecule has 1 aromatic rings. The number of halogens is 1. The molecule has 0 spiro atoms. The Morgan fingerprint density at radius 2 is 1.79 bits per heavy atom. The zero-order valence-corrected chi connectivity index (χ0v) is 11.0. The van der Waals surface area contributed by atoms with E-state index in [0.29, 0.717) is 12.3 Å². The van der Waals surface area contributed by atoms with Gasteiger partial charge in [0.15, 0.2) is 0 Å². The average Bonchev–Trinajstić information content (AvgIpc) is 2.92. The molecule has 3 rings (SSSR count). The predicted molar refractivity (Wildman–Crippen MR) is 73.7 cm³/mol. The van der Waals surface area contributed by atoms with E-state index in [1.54, 1.807) is 0 Å². The Morgan fingerprint density at radius 1 is 1.11 bits per heavy atom. The molecule has 0 aromatic heterocycles. The van der Waals surface area contributed by atoms with Crippen molar-refractivity contribution < 1.29 is 9.18 Å². The Morgan fingerprint density at radius 3 is 2.37 bits per heavy atom. The second-order valence-corrected chi connectivity index (χ2v) is 5.83. The molecule has 1 nitrogen and oxygen atoms in total. The lowest BCUT2D eigenvalue weighted by atomic mass is 9.99. The van der Waals surface area contributed by atoms with Crippen LogP contribution in [0.5, 0.6) is 0 Å². The summed E-state index contributed by atoms with van der Waals surface area (Å²) in [5, 5.41) is 0. The van der Waals surface area contributed by atoms with Crippen molar-refractivity contribution >= 4 is 5.78 Å². The lowest BCUT2D eigenvalue weighted by Gasteiger charge is -2.07. The van der Waals surface area contributed by atoms with Crippen LogP contribution in [0.1, 0.15) is 30.4 Å². The number of carbonyl (C=O) groups is 1. The lowest BCUT2D eigenvalue weighted by molar-refractivity contribution is -0.117. The van der Waals surface area contributed by atoms with Gasteiger partial charge in [0, 0.05) is 18.8 Å². The van der Waals surface area contributed by atoms with E-state index >= 15 is 0 Å². The van der Waals surface area contributed by atoms with Crippen LogP contribution in [0.2, 0.25) is 0 Å². The van der Waals surface area contributed by atoms with Crippen molar-refractivity contribution in [1.29, 1.82) is 0 Å². The third-order valence-electron chi connectivity index (χ3n) is 4.34. The number of benzene rings is 1. The molecular weight excluding hydrogens is 239 g/mol. The standard InChI is InChI=1S/C17H19FO/c18-17-11-16(19)10-15(17)7-3-4-12-8-13-5-1-2-6-14(13)9-12/h1-3,5-7,12,15,17H,4,8-11H2/b7-3+. The van der Waals surface area contributed by atoms with Gasteiger partial charge in [-0.25, -0.2) is 4.39 Å². The molecular formula is C17H19FO.